The van der Waals surface area contributed by atoms with Crippen molar-refractivity contribution in [2.24, 2.45) is 0 Å². The van der Waals surface area contributed by atoms with Gasteiger partial charge in [-0.3, -0.25) is 9.69 Å². The number of aryl methyl sites for hydroxylation is 1. The van der Waals surface area contributed by atoms with Crippen LogP contribution in [-0.2, 0) is 0 Å². The Morgan fingerprint density at radius 3 is 2.39 bits per heavy atom. The van der Waals surface area contributed by atoms with Crippen molar-refractivity contribution < 1.29 is 9.32 Å². The fourth-order valence-corrected chi connectivity index (χ4v) is 3.31. The minimum absolute atomic E-state index is 0.114. The predicted octanol–water partition coefficient (Wildman–Crippen LogP) is 4.46. The molecule has 0 bridgehead atoms. The molecule has 1 aromatic heterocycles. The van der Waals surface area contributed by atoms with Crippen LogP contribution in [-0.4, -0.2) is 35.6 Å². The summed E-state index contributed by atoms with van der Waals surface area (Å²) in [6, 6.07) is 20.0. The van der Waals surface area contributed by atoms with E-state index in [4.69, 9.17) is 4.52 Å². The average molecular weight is 377 g/mol. The molecular formula is C23H27N3O2. The van der Waals surface area contributed by atoms with Gasteiger partial charge in [0.05, 0.1) is 6.04 Å². The zero-order valence-electron chi connectivity index (χ0n) is 16.7. The molecule has 3 rings (SSSR count). The second-order valence-corrected chi connectivity index (χ2v) is 6.80. The lowest BCUT2D eigenvalue weighted by Crippen LogP contribution is -2.38. The van der Waals surface area contributed by atoms with Gasteiger partial charge < -0.3 is 9.84 Å². The molecule has 1 atom stereocenters. The third kappa shape index (κ3) is 4.67. The van der Waals surface area contributed by atoms with E-state index < -0.39 is 0 Å². The number of carbonyl (C=O) groups is 1. The van der Waals surface area contributed by atoms with Gasteiger partial charge in [0.2, 0.25) is 0 Å². The highest BCUT2D eigenvalue weighted by atomic mass is 16.5. The van der Waals surface area contributed by atoms with E-state index in [1.807, 2.05) is 49.4 Å². The van der Waals surface area contributed by atoms with Gasteiger partial charge in [0.1, 0.15) is 0 Å². The number of nitrogens with one attached hydrogen (secondary N) is 1. The summed E-state index contributed by atoms with van der Waals surface area (Å²) in [6.45, 7) is 8.62. The summed E-state index contributed by atoms with van der Waals surface area (Å²) in [5, 5.41) is 6.97. The van der Waals surface area contributed by atoms with Crippen molar-refractivity contribution in [3.8, 4) is 11.3 Å². The summed E-state index contributed by atoms with van der Waals surface area (Å²) in [6.07, 6.45) is 0. The van der Waals surface area contributed by atoms with E-state index in [2.05, 4.69) is 41.4 Å². The number of likely N-dealkylation sites (N-methyl/N-ethyl adjacent to an activating group) is 1. The van der Waals surface area contributed by atoms with Gasteiger partial charge in [0, 0.05) is 18.2 Å². The maximum atomic E-state index is 12.6. The lowest BCUT2D eigenvalue weighted by molar-refractivity contribution is 0.0926. The van der Waals surface area contributed by atoms with Gasteiger partial charge in [-0.05, 0) is 25.6 Å². The van der Waals surface area contributed by atoms with Gasteiger partial charge in [0.25, 0.3) is 5.91 Å². The van der Waals surface area contributed by atoms with Crippen molar-refractivity contribution in [1.29, 1.82) is 0 Å². The molecule has 2 aromatic carbocycles. The van der Waals surface area contributed by atoms with Crippen LogP contribution in [0.3, 0.4) is 0 Å². The molecule has 5 heteroatoms. The highest BCUT2D eigenvalue weighted by Gasteiger charge is 2.20. The highest BCUT2D eigenvalue weighted by Crippen LogP contribution is 2.22. The van der Waals surface area contributed by atoms with Crippen molar-refractivity contribution in [2.75, 3.05) is 19.6 Å². The van der Waals surface area contributed by atoms with Crippen LogP contribution in [0.25, 0.3) is 11.3 Å². The molecule has 1 amide bonds. The quantitative estimate of drug-likeness (QED) is 0.629. The minimum Gasteiger partial charge on any atom is -0.355 e. The molecule has 0 aliphatic rings. The van der Waals surface area contributed by atoms with Crippen LogP contribution in [0, 0.1) is 6.92 Å². The molecule has 0 aliphatic heterocycles. The zero-order chi connectivity index (χ0) is 19.9. The van der Waals surface area contributed by atoms with Crippen LogP contribution in [0.2, 0.25) is 0 Å². The van der Waals surface area contributed by atoms with Crippen molar-refractivity contribution in [3.05, 3.63) is 77.5 Å². The number of rotatable bonds is 8. The number of hydrogen-bond acceptors (Lipinski definition) is 4. The molecule has 0 unspecified atom stereocenters. The molecule has 3 aromatic rings. The predicted molar refractivity (Wildman–Crippen MR) is 111 cm³/mol. The fourth-order valence-electron chi connectivity index (χ4n) is 3.31. The van der Waals surface area contributed by atoms with Crippen LogP contribution < -0.4 is 5.32 Å². The van der Waals surface area contributed by atoms with Gasteiger partial charge in [-0.15, -0.1) is 0 Å². The van der Waals surface area contributed by atoms with Crippen LogP contribution in [0.5, 0.6) is 0 Å². The van der Waals surface area contributed by atoms with Gasteiger partial charge in [-0.2, -0.15) is 0 Å². The molecule has 146 valence electrons. The summed E-state index contributed by atoms with van der Waals surface area (Å²) in [5.74, 6) is 0.365. The Bertz CT molecular complexity index is 884. The first-order chi connectivity index (χ1) is 13.6. The lowest BCUT2D eigenvalue weighted by atomic mass is 10.0. The molecule has 28 heavy (non-hydrogen) atoms. The maximum absolute atomic E-state index is 12.6. The van der Waals surface area contributed by atoms with E-state index in [1.165, 1.54) is 11.1 Å². The molecule has 1 N–H and O–H groups in total. The molecule has 0 fully saturated rings. The number of hydrogen-bond donors (Lipinski definition) is 1. The average Bonchev–Trinajstić information content (AvgIpc) is 3.22. The standard InChI is InChI=1S/C23H27N3O2/c1-4-26(5-2)21(18-9-7-6-8-10-18)16-24-23(27)20-15-22(28-25-20)19-13-11-17(3)12-14-19/h6-15,21H,4-5,16H2,1-3H3,(H,24,27)/t21-/m0/s1. The smallest absolute Gasteiger partial charge is 0.273 e. The molecular weight excluding hydrogens is 350 g/mol. The normalized spacial score (nSPS) is 12.1. The summed E-state index contributed by atoms with van der Waals surface area (Å²) in [5.41, 5.74) is 3.56. The van der Waals surface area contributed by atoms with E-state index in [9.17, 15) is 4.79 Å². The van der Waals surface area contributed by atoms with E-state index in [1.54, 1.807) is 6.07 Å². The first-order valence-electron chi connectivity index (χ1n) is 9.73. The Morgan fingerprint density at radius 2 is 1.75 bits per heavy atom. The van der Waals surface area contributed by atoms with Crippen molar-refractivity contribution in [2.45, 2.75) is 26.8 Å². The maximum Gasteiger partial charge on any atom is 0.273 e. The van der Waals surface area contributed by atoms with Crippen LogP contribution in [0.1, 0.15) is 41.5 Å². The summed E-state index contributed by atoms with van der Waals surface area (Å²) in [4.78, 5) is 15.0. The van der Waals surface area contributed by atoms with Gasteiger partial charge >= 0.3 is 0 Å². The van der Waals surface area contributed by atoms with Gasteiger partial charge in [-0.25, -0.2) is 0 Å². The van der Waals surface area contributed by atoms with E-state index >= 15 is 0 Å². The topological polar surface area (TPSA) is 58.4 Å². The molecule has 0 aliphatic carbocycles. The second kappa shape index (κ2) is 9.33. The largest absolute Gasteiger partial charge is 0.355 e. The highest BCUT2D eigenvalue weighted by molar-refractivity contribution is 5.93. The first kappa shape index (κ1) is 19.8. The van der Waals surface area contributed by atoms with Crippen molar-refractivity contribution >= 4 is 5.91 Å². The number of benzene rings is 2. The fraction of sp³-hybridized carbons (Fsp3) is 0.304. The molecule has 0 spiro atoms. The minimum atomic E-state index is -0.227. The number of amides is 1. The number of aromatic nitrogens is 1. The summed E-state index contributed by atoms with van der Waals surface area (Å²) >= 11 is 0. The van der Waals surface area contributed by atoms with Crippen LogP contribution in [0.4, 0.5) is 0 Å². The summed E-state index contributed by atoms with van der Waals surface area (Å²) in [7, 11) is 0. The number of nitrogens with zero attached hydrogens (tertiary/aromatic N) is 2. The second-order valence-electron chi connectivity index (χ2n) is 6.80. The molecule has 5 nitrogen and oxygen atoms in total. The van der Waals surface area contributed by atoms with Crippen molar-refractivity contribution in [1.82, 2.24) is 15.4 Å². The molecule has 0 saturated heterocycles. The van der Waals surface area contributed by atoms with E-state index in [0.29, 0.717) is 18.0 Å². The molecule has 1 heterocycles. The third-order valence-corrected chi connectivity index (χ3v) is 4.97. The Balaban J connectivity index is 1.70. The first-order valence-corrected chi connectivity index (χ1v) is 9.73. The lowest BCUT2D eigenvalue weighted by Gasteiger charge is -2.30. The Kier molecular flexibility index (Phi) is 6.61. The van der Waals surface area contributed by atoms with Gasteiger partial charge in [-0.1, -0.05) is 79.2 Å². The van der Waals surface area contributed by atoms with E-state index in [-0.39, 0.29) is 11.9 Å². The molecule has 0 saturated carbocycles. The zero-order valence-corrected chi connectivity index (χ0v) is 16.7. The van der Waals surface area contributed by atoms with E-state index in [0.717, 1.165) is 18.7 Å². The Morgan fingerprint density at radius 1 is 1.07 bits per heavy atom. The summed E-state index contributed by atoms with van der Waals surface area (Å²) < 4.78 is 5.37. The third-order valence-electron chi connectivity index (χ3n) is 4.97. The van der Waals surface area contributed by atoms with Crippen molar-refractivity contribution in [3.63, 3.8) is 0 Å². The molecule has 0 radical (unpaired) electrons. The monoisotopic (exact) mass is 377 g/mol. The van der Waals surface area contributed by atoms with Crippen LogP contribution >= 0.6 is 0 Å². The Hall–Kier alpha value is -2.92. The van der Waals surface area contributed by atoms with Crippen LogP contribution in [0.15, 0.2) is 65.2 Å². The van der Waals surface area contributed by atoms with Gasteiger partial charge in [0.15, 0.2) is 11.5 Å². The Labute approximate surface area is 166 Å². The SMILES string of the molecule is CCN(CC)[C@@H](CNC(=O)c1cc(-c2ccc(C)cc2)on1)c1ccccc1. The number of carbonyl (C=O) groups excluding carboxylic acids is 1.